The highest BCUT2D eigenvalue weighted by atomic mass is 35.5. The lowest BCUT2D eigenvalue weighted by atomic mass is 10.1. The molecule has 0 aliphatic carbocycles. The summed E-state index contributed by atoms with van der Waals surface area (Å²) in [4.78, 5) is 0. The van der Waals surface area contributed by atoms with Crippen molar-refractivity contribution in [3.05, 3.63) is 0 Å². The second-order valence-electron chi connectivity index (χ2n) is 3.65. The fourth-order valence-electron chi connectivity index (χ4n) is 1.08. The minimum Gasteiger partial charge on any atom is -0.362 e. The van der Waals surface area contributed by atoms with E-state index in [1.165, 1.54) is 0 Å². The number of hydrogen-bond acceptors (Lipinski definition) is 1. The van der Waals surface area contributed by atoms with Gasteiger partial charge in [0.25, 0.3) is 0 Å². The fraction of sp³-hybridized carbons (Fsp3) is 1.00. The van der Waals surface area contributed by atoms with Crippen LogP contribution in [0.1, 0.15) is 40.5 Å². The third-order valence-electron chi connectivity index (χ3n) is 2.01. The van der Waals surface area contributed by atoms with Gasteiger partial charge >= 0.3 is 0 Å². The molecule has 0 aromatic carbocycles. The van der Waals surface area contributed by atoms with E-state index in [0.717, 1.165) is 19.4 Å². The summed E-state index contributed by atoms with van der Waals surface area (Å²) < 4.78 is 5.51. The van der Waals surface area contributed by atoms with Crippen LogP contribution in [0.15, 0.2) is 0 Å². The van der Waals surface area contributed by atoms with Crippen molar-refractivity contribution in [1.82, 2.24) is 0 Å². The number of alkyl halides is 1. The molecule has 0 fully saturated rings. The third-order valence-corrected chi connectivity index (χ3v) is 2.49. The van der Waals surface area contributed by atoms with Crippen molar-refractivity contribution < 1.29 is 4.74 Å². The van der Waals surface area contributed by atoms with E-state index < -0.39 is 0 Å². The molecule has 0 spiro atoms. The van der Waals surface area contributed by atoms with E-state index in [1.807, 2.05) is 0 Å². The van der Waals surface area contributed by atoms with Crippen molar-refractivity contribution in [1.29, 1.82) is 0 Å². The molecule has 0 N–H and O–H groups in total. The van der Waals surface area contributed by atoms with Gasteiger partial charge in [0.15, 0.2) is 0 Å². The second-order valence-corrected chi connectivity index (χ2v) is 4.09. The molecule has 0 aliphatic rings. The molecule has 2 heteroatoms. The quantitative estimate of drug-likeness (QED) is 0.584. The molecule has 1 nitrogen and oxygen atoms in total. The molecule has 0 saturated heterocycles. The van der Waals surface area contributed by atoms with Gasteiger partial charge in [0, 0.05) is 0 Å². The van der Waals surface area contributed by atoms with Gasteiger partial charge in [-0.1, -0.05) is 39.3 Å². The van der Waals surface area contributed by atoms with E-state index in [0.29, 0.717) is 11.8 Å². The van der Waals surface area contributed by atoms with E-state index in [-0.39, 0.29) is 5.56 Å². The molecule has 1 unspecified atom stereocenters. The summed E-state index contributed by atoms with van der Waals surface area (Å²) in [6.45, 7) is 9.35. The third kappa shape index (κ3) is 5.00. The Labute approximate surface area is 81.4 Å². The lowest BCUT2D eigenvalue weighted by Crippen LogP contribution is -2.19. The standard InChI is InChI=1S/C10H21ClO/c1-5-9(6-2)10(11)12-7-8(3)4/h8-10H,5-7H2,1-4H3. The van der Waals surface area contributed by atoms with E-state index in [4.69, 9.17) is 16.3 Å². The monoisotopic (exact) mass is 192 g/mol. The van der Waals surface area contributed by atoms with Crippen LogP contribution in [0, 0.1) is 11.8 Å². The van der Waals surface area contributed by atoms with Gasteiger partial charge in [0.1, 0.15) is 5.56 Å². The Hall–Kier alpha value is 0.250. The maximum atomic E-state index is 6.07. The van der Waals surface area contributed by atoms with Crippen LogP contribution in [-0.2, 0) is 4.74 Å². The Morgan fingerprint density at radius 1 is 1.17 bits per heavy atom. The average molecular weight is 193 g/mol. The fourth-order valence-corrected chi connectivity index (χ4v) is 1.51. The first kappa shape index (κ1) is 12.2. The van der Waals surface area contributed by atoms with E-state index in [2.05, 4.69) is 27.7 Å². The molecule has 0 aliphatic heterocycles. The summed E-state index contributed by atoms with van der Waals surface area (Å²) in [5, 5.41) is 0. The molecule has 74 valence electrons. The van der Waals surface area contributed by atoms with Gasteiger partial charge in [0.05, 0.1) is 6.61 Å². The van der Waals surface area contributed by atoms with E-state index in [9.17, 15) is 0 Å². The number of hydrogen-bond donors (Lipinski definition) is 0. The van der Waals surface area contributed by atoms with Gasteiger partial charge in [-0.05, 0) is 24.7 Å². The molecule has 0 rings (SSSR count). The predicted molar refractivity (Wildman–Crippen MR) is 54.5 cm³/mol. The summed E-state index contributed by atoms with van der Waals surface area (Å²) >= 11 is 6.07. The molecular formula is C10H21ClO. The van der Waals surface area contributed by atoms with Crippen LogP contribution < -0.4 is 0 Å². The van der Waals surface area contributed by atoms with Gasteiger partial charge in [-0.3, -0.25) is 0 Å². The van der Waals surface area contributed by atoms with Crippen LogP contribution in [0.3, 0.4) is 0 Å². The zero-order valence-electron chi connectivity index (χ0n) is 8.64. The summed E-state index contributed by atoms with van der Waals surface area (Å²) in [6, 6.07) is 0. The second kappa shape index (κ2) is 6.73. The first-order chi connectivity index (χ1) is 5.61. The molecule has 12 heavy (non-hydrogen) atoms. The number of rotatable bonds is 6. The Morgan fingerprint density at radius 2 is 1.67 bits per heavy atom. The van der Waals surface area contributed by atoms with Crippen LogP contribution in [-0.4, -0.2) is 12.2 Å². The molecule has 0 heterocycles. The van der Waals surface area contributed by atoms with Gasteiger partial charge in [-0.2, -0.15) is 0 Å². The lowest BCUT2D eigenvalue weighted by molar-refractivity contribution is 0.0479. The molecular weight excluding hydrogens is 172 g/mol. The van der Waals surface area contributed by atoms with Crippen molar-refractivity contribution in [3.8, 4) is 0 Å². The summed E-state index contributed by atoms with van der Waals surface area (Å²) in [5.74, 6) is 1.08. The van der Waals surface area contributed by atoms with Crippen LogP contribution in [0.4, 0.5) is 0 Å². The normalized spacial score (nSPS) is 14.2. The molecule has 0 saturated carbocycles. The maximum Gasteiger partial charge on any atom is 0.133 e. The average Bonchev–Trinajstić information content (AvgIpc) is 2.03. The Morgan fingerprint density at radius 3 is 2.00 bits per heavy atom. The minimum atomic E-state index is -0.0950. The van der Waals surface area contributed by atoms with E-state index in [1.54, 1.807) is 0 Å². The highest BCUT2D eigenvalue weighted by Crippen LogP contribution is 2.19. The van der Waals surface area contributed by atoms with Crippen LogP contribution in [0.25, 0.3) is 0 Å². The summed E-state index contributed by atoms with van der Waals surface area (Å²) in [5.41, 5.74) is -0.0950. The van der Waals surface area contributed by atoms with Crippen LogP contribution in [0.2, 0.25) is 0 Å². The van der Waals surface area contributed by atoms with Crippen LogP contribution >= 0.6 is 11.6 Å². The zero-order valence-corrected chi connectivity index (χ0v) is 9.40. The van der Waals surface area contributed by atoms with Gasteiger partial charge in [0.2, 0.25) is 0 Å². The molecule has 0 aromatic heterocycles. The van der Waals surface area contributed by atoms with Gasteiger partial charge in [-0.15, -0.1) is 0 Å². The lowest BCUT2D eigenvalue weighted by Gasteiger charge is -2.20. The smallest absolute Gasteiger partial charge is 0.133 e. The summed E-state index contributed by atoms with van der Waals surface area (Å²) in [7, 11) is 0. The largest absolute Gasteiger partial charge is 0.362 e. The number of halogens is 1. The highest BCUT2D eigenvalue weighted by Gasteiger charge is 2.15. The van der Waals surface area contributed by atoms with Gasteiger partial charge in [-0.25, -0.2) is 0 Å². The van der Waals surface area contributed by atoms with Crippen molar-refractivity contribution >= 4 is 11.6 Å². The Bertz CT molecular complexity index is 100. The first-order valence-electron chi connectivity index (χ1n) is 4.87. The molecule has 0 radical (unpaired) electrons. The van der Waals surface area contributed by atoms with Crippen molar-refractivity contribution in [2.24, 2.45) is 11.8 Å². The highest BCUT2D eigenvalue weighted by molar-refractivity contribution is 6.19. The van der Waals surface area contributed by atoms with Gasteiger partial charge < -0.3 is 4.74 Å². The van der Waals surface area contributed by atoms with Crippen molar-refractivity contribution in [2.75, 3.05) is 6.61 Å². The molecule has 1 atom stereocenters. The zero-order chi connectivity index (χ0) is 9.56. The number of ether oxygens (including phenoxy) is 1. The molecule has 0 amide bonds. The summed E-state index contributed by atoms with van der Waals surface area (Å²) in [6.07, 6.45) is 2.20. The first-order valence-corrected chi connectivity index (χ1v) is 5.31. The Kier molecular flexibility index (Phi) is 6.87. The topological polar surface area (TPSA) is 9.23 Å². The minimum absolute atomic E-state index is 0.0950. The Balaban J connectivity index is 3.61. The van der Waals surface area contributed by atoms with Crippen LogP contribution in [0.5, 0.6) is 0 Å². The molecule has 0 bridgehead atoms. The van der Waals surface area contributed by atoms with Crippen molar-refractivity contribution in [3.63, 3.8) is 0 Å². The molecule has 0 aromatic rings. The van der Waals surface area contributed by atoms with Crippen molar-refractivity contribution in [2.45, 2.75) is 46.1 Å². The maximum absolute atomic E-state index is 6.07. The van der Waals surface area contributed by atoms with E-state index >= 15 is 0 Å². The predicted octanol–water partition coefficient (Wildman–Crippen LogP) is 3.66. The SMILES string of the molecule is CCC(CC)C(Cl)OCC(C)C.